The van der Waals surface area contributed by atoms with Crippen molar-refractivity contribution in [2.75, 3.05) is 11.4 Å². The van der Waals surface area contributed by atoms with Crippen LogP contribution in [0.5, 0.6) is 0 Å². The van der Waals surface area contributed by atoms with E-state index in [0.717, 1.165) is 5.69 Å². The molecule has 0 aliphatic carbocycles. The molecule has 1 N–H and O–H groups in total. The second-order valence-corrected chi connectivity index (χ2v) is 11.9. The lowest BCUT2D eigenvalue weighted by Gasteiger charge is -2.50. The first-order valence-electron chi connectivity index (χ1n) is 12.9. The van der Waals surface area contributed by atoms with E-state index in [1.807, 2.05) is 36.1 Å². The summed E-state index contributed by atoms with van der Waals surface area (Å²) in [4.78, 5) is 55.3. The Labute approximate surface area is 223 Å². The van der Waals surface area contributed by atoms with Gasteiger partial charge in [0.05, 0.1) is 6.04 Å². The van der Waals surface area contributed by atoms with E-state index in [4.69, 9.17) is 9.47 Å². The highest BCUT2D eigenvalue weighted by Gasteiger charge is 2.54. The van der Waals surface area contributed by atoms with Crippen LogP contribution in [0.4, 0.5) is 10.5 Å². The number of pyridine rings is 1. The van der Waals surface area contributed by atoms with Gasteiger partial charge in [0.1, 0.15) is 35.7 Å². The quantitative estimate of drug-likeness (QED) is 0.280. The fraction of sp³-hybridized carbons (Fsp3) is 0.536. The van der Waals surface area contributed by atoms with E-state index in [-0.39, 0.29) is 11.6 Å². The number of anilines is 1. The van der Waals surface area contributed by atoms with Gasteiger partial charge in [0.25, 0.3) is 11.8 Å². The van der Waals surface area contributed by atoms with E-state index >= 15 is 0 Å². The lowest BCUT2D eigenvalue weighted by Crippen LogP contribution is -2.72. The lowest BCUT2D eigenvalue weighted by molar-refractivity contribution is -0.670. The highest BCUT2D eigenvalue weighted by Crippen LogP contribution is 2.39. The lowest BCUT2D eigenvalue weighted by atomic mass is 9.83. The van der Waals surface area contributed by atoms with Gasteiger partial charge in [-0.25, -0.2) is 14.2 Å². The summed E-state index contributed by atoms with van der Waals surface area (Å²) in [5, 5.41) is 2.65. The van der Waals surface area contributed by atoms with E-state index in [0.29, 0.717) is 37.0 Å². The average Bonchev–Trinajstić information content (AvgIpc) is 3.14. The van der Waals surface area contributed by atoms with Gasteiger partial charge < -0.3 is 19.7 Å². The fourth-order valence-corrected chi connectivity index (χ4v) is 4.92. The molecular formula is C28H37N4O6+. The van der Waals surface area contributed by atoms with Crippen LogP contribution in [-0.2, 0) is 30.9 Å². The van der Waals surface area contributed by atoms with Gasteiger partial charge in [0.2, 0.25) is 0 Å². The summed E-state index contributed by atoms with van der Waals surface area (Å²) >= 11 is 0. The van der Waals surface area contributed by atoms with Crippen LogP contribution in [0.15, 0.2) is 47.4 Å². The molecule has 10 nitrogen and oxygen atoms in total. The third-order valence-corrected chi connectivity index (χ3v) is 6.45. The van der Waals surface area contributed by atoms with E-state index in [9.17, 15) is 19.2 Å². The number of aryl methyl sites for hydroxylation is 1. The Bertz CT molecular complexity index is 1240. The van der Waals surface area contributed by atoms with Gasteiger partial charge in [0.15, 0.2) is 12.4 Å². The van der Waals surface area contributed by atoms with Crippen LogP contribution in [-0.4, -0.2) is 58.6 Å². The van der Waals surface area contributed by atoms with Crippen molar-refractivity contribution in [2.45, 2.75) is 84.1 Å². The highest BCUT2D eigenvalue weighted by molar-refractivity contribution is 6.09. The molecule has 0 aromatic carbocycles. The van der Waals surface area contributed by atoms with Crippen LogP contribution in [0.2, 0.25) is 0 Å². The van der Waals surface area contributed by atoms with Crippen molar-refractivity contribution >= 4 is 29.6 Å². The SMILES string of the molecule is C[n+]1cccc(N2CCC(=CC3=C(C(=O)OC(C)(C)C)N4C(=O)C(NC(=O)OC(C)(C)C)C4CC3)C2=O)c1. The van der Waals surface area contributed by atoms with Gasteiger partial charge in [-0.1, -0.05) is 0 Å². The molecule has 0 radical (unpaired) electrons. The summed E-state index contributed by atoms with van der Waals surface area (Å²) in [6.07, 6.45) is 6.32. The Hall–Kier alpha value is -3.69. The molecule has 10 heteroatoms. The zero-order valence-electron chi connectivity index (χ0n) is 23.2. The number of rotatable bonds is 4. The zero-order valence-corrected chi connectivity index (χ0v) is 23.2. The minimum Gasteiger partial charge on any atom is -0.455 e. The third kappa shape index (κ3) is 5.74. The molecule has 0 bridgehead atoms. The molecule has 2 fully saturated rings. The number of fused-ring (bicyclic) bond motifs is 1. The van der Waals surface area contributed by atoms with Crippen molar-refractivity contribution in [3.8, 4) is 0 Å². The molecule has 204 valence electrons. The van der Waals surface area contributed by atoms with Crippen LogP contribution >= 0.6 is 0 Å². The first-order chi connectivity index (χ1) is 17.6. The molecule has 4 rings (SSSR count). The molecule has 1 aromatic heterocycles. The zero-order chi connectivity index (χ0) is 28.0. The number of allylic oxidation sites excluding steroid dienone is 2. The molecule has 0 spiro atoms. The van der Waals surface area contributed by atoms with Gasteiger partial charge in [-0.15, -0.1) is 0 Å². The second kappa shape index (κ2) is 9.89. The van der Waals surface area contributed by atoms with Crippen LogP contribution in [0.25, 0.3) is 0 Å². The van der Waals surface area contributed by atoms with Crippen LogP contribution in [0.3, 0.4) is 0 Å². The number of nitrogens with zero attached hydrogens (tertiary/aromatic N) is 3. The van der Waals surface area contributed by atoms with Crippen molar-refractivity contribution in [2.24, 2.45) is 7.05 Å². The number of carbonyl (C=O) groups is 4. The van der Waals surface area contributed by atoms with Crippen molar-refractivity contribution in [1.29, 1.82) is 0 Å². The molecule has 4 heterocycles. The monoisotopic (exact) mass is 525 g/mol. The number of nitrogens with one attached hydrogen (secondary N) is 1. The van der Waals surface area contributed by atoms with Crippen LogP contribution in [0, 0.1) is 0 Å². The summed E-state index contributed by atoms with van der Waals surface area (Å²) in [5.41, 5.74) is 0.602. The third-order valence-electron chi connectivity index (χ3n) is 6.45. The van der Waals surface area contributed by atoms with Gasteiger partial charge in [-0.2, -0.15) is 0 Å². The summed E-state index contributed by atoms with van der Waals surface area (Å²) in [6.45, 7) is 11.0. The van der Waals surface area contributed by atoms with Crippen molar-refractivity contribution in [1.82, 2.24) is 10.2 Å². The van der Waals surface area contributed by atoms with Crippen LogP contribution in [0.1, 0.15) is 60.8 Å². The maximum absolute atomic E-state index is 13.3. The Morgan fingerprint density at radius 1 is 1.08 bits per heavy atom. The molecule has 3 aliphatic rings. The van der Waals surface area contributed by atoms with E-state index < -0.39 is 41.3 Å². The Kier molecular flexibility index (Phi) is 7.11. The Balaban J connectivity index is 1.62. The predicted octanol–water partition coefficient (Wildman–Crippen LogP) is 2.67. The summed E-state index contributed by atoms with van der Waals surface area (Å²) in [7, 11) is 1.90. The maximum atomic E-state index is 13.3. The predicted molar refractivity (Wildman–Crippen MR) is 139 cm³/mol. The summed E-state index contributed by atoms with van der Waals surface area (Å²) in [6, 6.07) is 2.57. The molecule has 1 aromatic rings. The second-order valence-electron chi connectivity index (χ2n) is 11.9. The molecule has 2 unspecified atom stereocenters. The van der Waals surface area contributed by atoms with Gasteiger partial charge in [-0.3, -0.25) is 14.5 Å². The van der Waals surface area contributed by atoms with Gasteiger partial charge in [-0.05, 0) is 78.5 Å². The standard InChI is InChI=1S/C28H36N4O6/c1-27(2,3)37-25(35)22-17(15-18-12-14-31(23(18)33)19-9-8-13-30(7)16-19)10-11-20-21(24(34)32(20)22)29-26(36)38-28(4,5)6/h8-9,13,15-16,20-21H,10-12,14H2,1-7H3/p+1. The van der Waals surface area contributed by atoms with E-state index in [1.54, 1.807) is 52.5 Å². The summed E-state index contributed by atoms with van der Waals surface area (Å²) < 4.78 is 12.8. The number of carbonyl (C=O) groups excluding carboxylic acids is 4. The molecular weight excluding hydrogens is 488 g/mol. The number of ether oxygens (including phenoxy) is 2. The molecule has 38 heavy (non-hydrogen) atoms. The molecule has 3 amide bonds. The largest absolute Gasteiger partial charge is 0.455 e. The van der Waals surface area contributed by atoms with Crippen molar-refractivity contribution in [3.63, 3.8) is 0 Å². The first kappa shape index (κ1) is 27.3. The van der Waals surface area contributed by atoms with Crippen molar-refractivity contribution < 1.29 is 33.2 Å². The number of hydrogen-bond donors (Lipinski definition) is 1. The van der Waals surface area contributed by atoms with Crippen molar-refractivity contribution in [3.05, 3.63) is 47.4 Å². The number of hydrogen-bond acceptors (Lipinski definition) is 6. The highest BCUT2D eigenvalue weighted by atomic mass is 16.6. The van der Waals surface area contributed by atoms with Gasteiger partial charge >= 0.3 is 12.1 Å². The normalized spacial score (nSPS) is 22.9. The minimum atomic E-state index is -0.793. The number of esters is 1. The smallest absolute Gasteiger partial charge is 0.408 e. The minimum absolute atomic E-state index is 0.131. The van der Waals surface area contributed by atoms with E-state index in [1.165, 1.54) is 4.90 Å². The molecule has 0 saturated carbocycles. The van der Waals surface area contributed by atoms with E-state index in [2.05, 4.69) is 5.32 Å². The first-order valence-corrected chi connectivity index (χ1v) is 12.9. The maximum Gasteiger partial charge on any atom is 0.408 e. The van der Waals surface area contributed by atoms with Gasteiger partial charge in [0, 0.05) is 18.2 Å². The number of amides is 3. The molecule has 2 saturated heterocycles. The number of aromatic nitrogens is 1. The Morgan fingerprint density at radius 3 is 2.39 bits per heavy atom. The average molecular weight is 526 g/mol. The van der Waals surface area contributed by atoms with Crippen LogP contribution < -0.4 is 14.8 Å². The topological polar surface area (TPSA) is 109 Å². The Morgan fingerprint density at radius 2 is 1.76 bits per heavy atom. The molecule has 2 atom stereocenters. The fourth-order valence-electron chi connectivity index (χ4n) is 4.92. The summed E-state index contributed by atoms with van der Waals surface area (Å²) in [5.74, 6) is -1.17. The number of alkyl carbamates (subject to hydrolysis) is 1. The number of β-lactam (4-membered cyclic amide) rings is 1. The molecule has 3 aliphatic heterocycles.